The summed E-state index contributed by atoms with van der Waals surface area (Å²) >= 11 is 0. The van der Waals surface area contributed by atoms with Gasteiger partial charge in [-0.1, -0.05) is 60.7 Å². The molecule has 0 atom stereocenters. The van der Waals surface area contributed by atoms with Crippen LogP contribution in [0.3, 0.4) is 0 Å². The SMILES string of the molecule is N#Cc1nnc(-c2ccccc2)nc1-c1ccccc1. The van der Waals surface area contributed by atoms with Gasteiger partial charge in [-0.25, -0.2) is 4.98 Å². The Morgan fingerprint density at radius 3 is 1.95 bits per heavy atom. The summed E-state index contributed by atoms with van der Waals surface area (Å²) in [6, 6.07) is 21.2. The Hall–Kier alpha value is -3.06. The number of hydrogen-bond acceptors (Lipinski definition) is 4. The second-order valence-electron chi connectivity index (χ2n) is 4.18. The normalized spacial score (nSPS) is 9.95. The fourth-order valence-electron chi connectivity index (χ4n) is 1.91. The summed E-state index contributed by atoms with van der Waals surface area (Å²) in [6.45, 7) is 0. The first-order chi connectivity index (χ1) is 9.88. The molecule has 20 heavy (non-hydrogen) atoms. The molecule has 94 valence electrons. The van der Waals surface area contributed by atoms with Crippen molar-refractivity contribution in [3.63, 3.8) is 0 Å². The maximum absolute atomic E-state index is 9.15. The zero-order valence-corrected chi connectivity index (χ0v) is 10.6. The Bertz CT molecular complexity index is 761. The topological polar surface area (TPSA) is 62.5 Å². The van der Waals surface area contributed by atoms with Crippen molar-refractivity contribution in [3.05, 3.63) is 66.4 Å². The highest BCUT2D eigenvalue weighted by molar-refractivity contribution is 5.67. The van der Waals surface area contributed by atoms with E-state index in [4.69, 9.17) is 5.26 Å². The molecule has 4 heteroatoms. The lowest BCUT2D eigenvalue weighted by molar-refractivity contribution is 0.966. The van der Waals surface area contributed by atoms with E-state index >= 15 is 0 Å². The van der Waals surface area contributed by atoms with Gasteiger partial charge in [0.2, 0.25) is 0 Å². The van der Waals surface area contributed by atoms with Crippen LogP contribution in [0.2, 0.25) is 0 Å². The quantitative estimate of drug-likeness (QED) is 0.708. The molecule has 0 saturated carbocycles. The molecule has 0 aliphatic heterocycles. The van der Waals surface area contributed by atoms with Crippen LogP contribution in [0, 0.1) is 11.3 Å². The lowest BCUT2D eigenvalue weighted by Gasteiger charge is -2.04. The number of benzene rings is 2. The third kappa shape index (κ3) is 2.25. The summed E-state index contributed by atoms with van der Waals surface area (Å²) in [5.74, 6) is 0.517. The molecular weight excluding hydrogens is 248 g/mol. The number of rotatable bonds is 2. The lowest BCUT2D eigenvalue weighted by atomic mass is 10.1. The zero-order chi connectivity index (χ0) is 13.8. The van der Waals surface area contributed by atoms with E-state index < -0.39 is 0 Å². The van der Waals surface area contributed by atoms with Gasteiger partial charge in [0, 0.05) is 11.1 Å². The minimum atomic E-state index is 0.232. The van der Waals surface area contributed by atoms with Gasteiger partial charge in [0.1, 0.15) is 11.8 Å². The van der Waals surface area contributed by atoms with Crippen LogP contribution in [0.5, 0.6) is 0 Å². The maximum atomic E-state index is 9.15. The second-order valence-corrected chi connectivity index (χ2v) is 4.18. The number of nitrogens with zero attached hydrogens (tertiary/aromatic N) is 4. The van der Waals surface area contributed by atoms with E-state index in [1.807, 2.05) is 66.7 Å². The largest absolute Gasteiger partial charge is 0.223 e. The van der Waals surface area contributed by atoms with Gasteiger partial charge in [-0.15, -0.1) is 10.2 Å². The molecule has 0 N–H and O–H groups in total. The van der Waals surface area contributed by atoms with E-state index in [2.05, 4.69) is 15.2 Å². The number of nitriles is 1. The van der Waals surface area contributed by atoms with Gasteiger partial charge in [-0.05, 0) is 0 Å². The Morgan fingerprint density at radius 2 is 1.35 bits per heavy atom. The first-order valence-electron chi connectivity index (χ1n) is 6.14. The van der Waals surface area contributed by atoms with E-state index in [0.29, 0.717) is 11.5 Å². The lowest BCUT2D eigenvalue weighted by Crippen LogP contribution is -2.00. The Balaban J connectivity index is 2.16. The van der Waals surface area contributed by atoms with Crippen molar-refractivity contribution in [2.45, 2.75) is 0 Å². The molecule has 1 heterocycles. The molecule has 0 amide bonds. The zero-order valence-electron chi connectivity index (χ0n) is 10.6. The van der Waals surface area contributed by atoms with Gasteiger partial charge in [0.05, 0.1) is 0 Å². The van der Waals surface area contributed by atoms with E-state index in [9.17, 15) is 0 Å². The first kappa shape index (κ1) is 12.0. The Morgan fingerprint density at radius 1 is 0.750 bits per heavy atom. The highest BCUT2D eigenvalue weighted by atomic mass is 15.2. The molecule has 1 aromatic heterocycles. The maximum Gasteiger partial charge on any atom is 0.189 e. The highest BCUT2D eigenvalue weighted by Crippen LogP contribution is 2.22. The molecule has 0 saturated heterocycles. The van der Waals surface area contributed by atoms with E-state index in [1.54, 1.807) is 0 Å². The van der Waals surface area contributed by atoms with Crippen LogP contribution in [0.25, 0.3) is 22.6 Å². The van der Waals surface area contributed by atoms with Crippen LogP contribution in [-0.4, -0.2) is 15.2 Å². The van der Waals surface area contributed by atoms with E-state index in [-0.39, 0.29) is 5.69 Å². The summed E-state index contributed by atoms with van der Waals surface area (Å²) in [5, 5.41) is 17.1. The minimum absolute atomic E-state index is 0.232. The van der Waals surface area contributed by atoms with E-state index in [1.165, 1.54) is 0 Å². The van der Waals surface area contributed by atoms with Crippen molar-refractivity contribution >= 4 is 0 Å². The van der Waals surface area contributed by atoms with Crippen molar-refractivity contribution in [3.8, 4) is 28.7 Å². The predicted octanol–water partition coefficient (Wildman–Crippen LogP) is 3.08. The molecule has 0 unspecified atom stereocenters. The molecule has 2 aromatic carbocycles. The molecule has 0 fully saturated rings. The van der Waals surface area contributed by atoms with Crippen molar-refractivity contribution < 1.29 is 0 Å². The molecular formula is C16H10N4. The molecule has 0 aliphatic carbocycles. The third-order valence-electron chi connectivity index (χ3n) is 2.87. The molecule has 0 bridgehead atoms. The summed E-state index contributed by atoms with van der Waals surface area (Å²) in [5.41, 5.74) is 2.52. The fraction of sp³-hybridized carbons (Fsp3) is 0. The van der Waals surface area contributed by atoms with Gasteiger partial charge in [-0.2, -0.15) is 5.26 Å². The Kier molecular flexibility index (Phi) is 3.17. The molecule has 0 spiro atoms. The number of hydrogen-bond donors (Lipinski definition) is 0. The third-order valence-corrected chi connectivity index (χ3v) is 2.87. The van der Waals surface area contributed by atoms with Crippen LogP contribution < -0.4 is 0 Å². The molecule has 3 aromatic rings. The summed E-state index contributed by atoms with van der Waals surface area (Å²) in [4.78, 5) is 4.49. The van der Waals surface area contributed by atoms with Crippen molar-refractivity contribution in [2.24, 2.45) is 0 Å². The van der Waals surface area contributed by atoms with E-state index in [0.717, 1.165) is 11.1 Å². The highest BCUT2D eigenvalue weighted by Gasteiger charge is 2.11. The summed E-state index contributed by atoms with van der Waals surface area (Å²) in [6.07, 6.45) is 0. The molecule has 4 nitrogen and oxygen atoms in total. The summed E-state index contributed by atoms with van der Waals surface area (Å²) < 4.78 is 0. The monoisotopic (exact) mass is 258 g/mol. The summed E-state index contributed by atoms with van der Waals surface area (Å²) in [7, 11) is 0. The predicted molar refractivity (Wildman–Crippen MR) is 75.4 cm³/mol. The standard InChI is InChI=1S/C16H10N4/c17-11-14-15(12-7-3-1-4-8-12)18-16(20-19-14)13-9-5-2-6-10-13/h1-10H. The van der Waals surface area contributed by atoms with Crippen LogP contribution >= 0.6 is 0 Å². The fourth-order valence-corrected chi connectivity index (χ4v) is 1.91. The van der Waals surface area contributed by atoms with Crippen LogP contribution in [0.15, 0.2) is 60.7 Å². The van der Waals surface area contributed by atoms with Gasteiger partial charge in [0.15, 0.2) is 11.5 Å². The van der Waals surface area contributed by atoms with Crippen LogP contribution in [-0.2, 0) is 0 Å². The van der Waals surface area contributed by atoms with Crippen molar-refractivity contribution in [1.29, 1.82) is 5.26 Å². The molecule has 3 rings (SSSR count). The van der Waals surface area contributed by atoms with Crippen molar-refractivity contribution in [1.82, 2.24) is 15.2 Å². The van der Waals surface area contributed by atoms with Crippen LogP contribution in [0.1, 0.15) is 5.69 Å². The molecule has 0 radical (unpaired) electrons. The smallest absolute Gasteiger partial charge is 0.189 e. The van der Waals surface area contributed by atoms with Gasteiger partial charge in [0.25, 0.3) is 0 Å². The van der Waals surface area contributed by atoms with Gasteiger partial charge >= 0.3 is 0 Å². The van der Waals surface area contributed by atoms with Crippen LogP contribution in [0.4, 0.5) is 0 Å². The Labute approximate surface area is 116 Å². The molecule has 0 aliphatic rings. The van der Waals surface area contributed by atoms with Crippen molar-refractivity contribution in [2.75, 3.05) is 0 Å². The van der Waals surface area contributed by atoms with Gasteiger partial charge < -0.3 is 0 Å². The first-order valence-corrected chi connectivity index (χ1v) is 6.14. The number of aromatic nitrogens is 3. The van der Waals surface area contributed by atoms with Gasteiger partial charge in [-0.3, -0.25) is 0 Å². The second kappa shape index (κ2) is 5.29. The average molecular weight is 258 g/mol. The average Bonchev–Trinajstić information content (AvgIpc) is 2.56. The minimum Gasteiger partial charge on any atom is -0.223 e.